The van der Waals surface area contributed by atoms with E-state index in [-0.39, 0.29) is 17.6 Å². The van der Waals surface area contributed by atoms with Gasteiger partial charge >= 0.3 is 5.97 Å². The fraction of sp³-hybridized carbons (Fsp3) is 0.909. The number of rotatable bonds is 6. The summed E-state index contributed by atoms with van der Waals surface area (Å²) in [5, 5.41) is 2.99. The highest BCUT2D eigenvalue weighted by molar-refractivity contribution is 5.75. The molecule has 0 amide bonds. The van der Waals surface area contributed by atoms with E-state index in [9.17, 15) is 4.79 Å². The number of carbonyl (C=O) groups is 1. The molecular weight excluding hydrogens is 192 g/mol. The second kappa shape index (κ2) is 6.08. The molecule has 4 heteroatoms. The highest BCUT2D eigenvalue weighted by Crippen LogP contribution is 2.19. The molecule has 0 aromatic rings. The minimum atomic E-state index is -0.237. The van der Waals surface area contributed by atoms with E-state index in [2.05, 4.69) is 38.0 Å². The van der Waals surface area contributed by atoms with Gasteiger partial charge in [0.05, 0.1) is 7.11 Å². The molecule has 0 aliphatic carbocycles. The number of nitrogens with zero attached hydrogens (tertiary/aromatic N) is 1. The SMILES string of the molecule is CCN(C)C(C)(C)CC(NC)C(=O)OC. The van der Waals surface area contributed by atoms with E-state index in [4.69, 9.17) is 4.74 Å². The zero-order valence-electron chi connectivity index (χ0n) is 10.8. The Hall–Kier alpha value is -0.610. The molecule has 15 heavy (non-hydrogen) atoms. The molecule has 0 heterocycles. The van der Waals surface area contributed by atoms with Crippen molar-refractivity contribution in [1.82, 2.24) is 10.2 Å². The number of esters is 1. The summed E-state index contributed by atoms with van der Waals surface area (Å²) in [5.41, 5.74) is -0.0172. The topological polar surface area (TPSA) is 41.6 Å². The molecule has 1 atom stereocenters. The Morgan fingerprint density at radius 1 is 1.53 bits per heavy atom. The van der Waals surface area contributed by atoms with Crippen molar-refractivity contribution in [1.29, 1.82) is 0 Å². The van der Waals surface area contributed by atoms with Crippen LogP contribution in [0.1, 0.15) is 27.2 Å². The molecule has 0 saturated heterocycles. The van der Waals surface area contributed by atoms with Crippen molar-refractivity contribution in [2.75, 3.05) is 27.7 Å². The number of carbonyl (C=O) groups excluding carboxylic acids is 1. The summed E-state index contributed by atoms with van der Waals surface area (Å²) in [5.74, 6) is -0.199. The predicted octanol–water partition coefficient (Wildman–Crippen LogP) is 0.868. The molecule has 1 unspecified atom stereocenters. The Balaban J connectivity index is 4.46. The Kier molecular flexibility index (Phi) is 5.83. The summed E-state index contributed by atoms with van der Waals surface area (Å²) in [7, 11) is 5.26. The van der Waals surface area contributed by atoms with Gasteiger partial charge in [-0.15, -0.1) is 0 Å². The van der Waals surface area contributed by atoms with Crippen molar-refractivity contribution in [3.05, 3.63) is 0 Å². The maximum Gasteiger partial charge on any atom is 0.322 e. The maximum absolute atomic E-state index is 11.4. The van der Waals surface area contributed by atoms with E-state index in [1.54, 1.807) is 7.05 Å². The molecule has 0 aromatic carbocycles. The molecule has 0 radical (unpaired) electrons. The Morgan fingerprint density at radius 2 is 2.07 bits per heavy atom. The van der Waals surface area contributed by atoms with E-state index in [1.807, 2.05) is 0 Å². The molecule has 1 N–H and O–H groups in total. The molecule has 0 aliphatic rings. The molecule has 0 rings (SSSR count). The van der Waals surface area contributed by atoms with E-state index in [0.29, 0.717) is 0 Å². The van der Waals surface area contributed by atoms with Crippen molar-refractivity contribution >= 4 is 5.97 Å². The third-order valence-corrected chi connectivity index (χ3v) is 3.05. The quantitative estimate of drug-likeness (QED) is 0.669. The highest BCUT2D eigenvalue weighted by atomic mass is 16.5. The van der Waals surface area contributed by atoms with Gasteiger partial charge in [-0.05, 0) is 40.9 Å². The van der Waals surface area contributed by atoms with Crippen LogP contribution in [0.4, 0.5) is 0 Å². The van der Waals surface area contributed by atoms with Crippen LogP contribution in [0, 0.1) is 0 Å². The number of methoxy groups -OCH3 is 1. The van der Waals surface area contributed by atoms with Crippen LogP contribution in [-0.4, -0.2) is 50.2 Å². The van der Waals surface area contributed by atoms with Gasteiger partial charge in [0.1, 0.15) is 6.04 Å². The summed E-state index contributed by atoms with van der Waals surface area (Å²) in [6.07, 6.45) is 0.737. The van der Waals surface area contributed by atoms with Crippen LogP contribution >= 0.6 is 0 Å². The number of ether oxygens (including phenoxy) is 1. The summed E-state index contributed by atoms with van der Waals surface area (Å²) in [6.45, 7) is 7.33. The fourth-order valence-corrected chi connectivity index (χ4v) is 1.53. The van der Waals surface area contributed by atoms with E-state index in [1.165, 1.54) is 7.11 Å². The van der Waals surface area contributed by atoms with Crippen LogP contribution < -0.4 is 5.32 Å². The van der Waals surface area contributed by atoms with Crippen LogP contribution in [0.2, 0.25) is 0 Å². The van der Waals surface area contributed by atoms with Crippen molar-refractivity contribution < 1.29 is 9.53 Å². The molecular formula is C11H24N2O2. The predicted molar refractivity (Wildman–Crippen MR) is 61.9 cm³/mol. The Morgan fingerprint density at radius 3 is 2.40 bits per heavy atom. The molecule has 90 valence electrons. The number of likely N-dealkylation sites (N-methyl/N-ethyl adjacent to an activating group) is 1. The molecule has 0 bridgehead atoms. The van der Waals surface area contributed by atoms with E-state index < -0.39 is 0 Å². The standard InChI is InChI=1S/C11H24N2O2/c1-7-13(5)11(2,3)8-9(12-4)10(14)15-6/h9,12H,7-8H2,1-6H3. The lowest BCUT2D eigenvalue weighted by Crippen LogP contribution is -2.48. The lowest BCUT2D eigenvalue weighted by Gasteiger charge is -2.36. The summed E-state index contributed by atoms with van der Waals surface area (Å²) < 4.78 is 4.74. The Labute approximate surface area is 93.0 Å². The van der Waals surface area contributed by atoms with Crippen molar-refractivity contribution in [3.8, 4) is 0 Å². The van der Waals surface area contributed by atoms with Crippen LogP contribution in [0.3, 0.4) is 0 Å². The van der Waals surface area contributed by atoms with Gasteiger partial charge in [0, 0.05) is 5.54 Å². The summed E-state index contributed by atoms with van der Waals surface area (Å²) in [4.78, 5) is 13.7. The van der Waals surface area contributed by atoms with Gasteiger partial charge < -0.3 is 15.0 Å². The van der Waals surface area contributed by atoms with Gasteiger partial charge in [0.15, 0.2) is 0 Å². The first-order chi connectivity index (χ1) is 6.88. The lowest BCUT2D eigenvalue weighted by atomic mass is 9.93. The van der Waals surface area contributed by atoms with Crippen LogP contribution in [0.25, 0.3) is 0 Å². The third-order valence-electron chi connectivity index (χ3n) is 3.05. The average molecular weight is 216 g/mol. The maximum atomic E-state index is 11.4. The fourth-order valence-electron chi connectivity index (χ4n) is 1.53. The van der Waals surface area contributed by atoms with Crippen molar-refractivity contribution in [3.63, 3.8) is 0 Å². The summed E-state index contributed by atoms with van der Waals surface area (Å²) in [6, 6.07) is -0.237. The zero-order valence-corrected chi connectivity index (χ0v) is 10.8. The van der Waals surface area contributed by atoms with Gasteiger partial charge in [0.2, 0.25) is 0 Å². The number of nitrogens with one attached hydrogen (secondary N) is 1. The number of hydrogen-bond donors (Lipinski definition) is 1. The number of hydrogen-bond acceptors (Lipinski definition) is 4. The van der Waals surface area contributed by atoms with Gasteiger partial charge in [-0.25, -0.2) is 0 Å². The molecule has 0 saturated carbocycles. The highest BCUT2D eigenvalue weighted by Gasteiger charge is 2.29. The Bertz CT molecular complexity index is 205. The van der Waals surface area contributed by atoms with Crippen LogP contribution in [0.15, 0.2) is 0 Å². The average Bonchev–Trinajstić information content (AvgIpc) is 2.23. The smallest absolute Gasteiger partial charge is 0.322 e. The zero-order chi connectivity index (χ0) is 12.1. The van der Waals surface area contributed by atoms with E-state index in [0.717, 1.165) is 13.0 Å². The van der Waals surface area contributed by atoms with Crippen molar-refractivity contribution in [2.24, 2.45) is 0 Å². The van der Waals surface area contributed by atoms with Crippen molar-refractivity contribution in [2.45, 2.75) is 38.8 Å². The largest absolute Gasteiger partial charge is 0.468 e. The second-order valence-corrected chi connectivity index (χ2v) is 4.40. The first-order valence-electron chi connectivity index (χ1n) is 5.35. The van der Waals surface area contributed by atoms with E-state index >= 15 is 0 Å². The molecule has 0 aliphatic heterocycles. The monoisotopic (exact) mass is 216 g/mol. The molecule has 0 aromatic heterocycles. The van der Waals surface area contributed by atoms with Gasteiger partial charge in [-0.1, -0.05) is 6.92 Å². The molecule has 4 nitrogen and oxygen atoms in total. The lowest BCUT2D eigenvalue weighted by molar-refractivity contribution is -0.144. The first kappa shape index (κ1) is 14.4. The normalized spacial score (nSPS) is 14.1. The third kappa shape index (κ3) is 4.18. The summed E-state index contributed by atoms with van der Waals surface area (Å²) >= 11 is 0. The van der Waals surface area contributed by atoms with Gasteiger partial charge in [-0.2, -0.15) is 0 Å². The van der Waals surface area contributed by atoms with Gasteiger partial charge in [0.25, 0.3) is 0 Å². The second-order valence-electron chi connectivity index (χ2n) is 4.40. The first-order valence-corrected chi connectivity index (χ1v) is 5.35. The minimum Gasteiger partial charge on any atom is -0.468 e. The molecule has 0 fully saturated rings. The van der Waals surface area contributed by atoms with Gasteiger partial charge in [-0.3, -0.25) is 4.79 Å². The van der Waals surface area contributed by atoms with Crippen LogP contribution in [0.5, 0.6) is 0 Å². The molecule has 0 spiro atoms. The minimum absolute atomic E-state index is 0.0172. The van der Waals surface area contributed by atoms with Crippen LogP contribution in [-0.2, 0) is 9.53 Å².